The summed E-state index contributed by atoms with van der Waals surface area (Å²) in [4.78, 5) is 12.0. The lowest BCUT2D eigenvalue weighted by Crippen LogP contribution is -2.23. The fourth-order valence-corrected chi connectivity index (χ4v) is 2.02. The van der Waals surface area contributed by atoms with E-state index < -0.39 is 5.60 Å². The number of ether oxygens (including phenoxy) is 2. The Labute approximate surface area is 137 Å². The first-order chi connectivity index (χ1) is 10.9. The van der Waals surface area contributed by atoms with Gasteiger partial charge in [-0.1, -0.05) is 12.1 Å². The van der Waals surface area contributed by atoms with Crippen molar-refractivity contribution in [3.05, 3.63) is 59.7 Å². The number of esters is 1. The van der Waals surface area contributed by atoms with Gasteiger partial charge in [-0.3, -0.25) is 0 Å². The molecule has 0 saturated heterocycles. The quantitative estimate of drug-likeness (QED) is 0.849. The van der Waals surface area contributed by atoms with Crippen molar-refractivity contribution >= 4 is 5.97 Å². The van der Waals surface area contributed by atoms with Crippen molar-refractivity contribution in [2.75, 3.05) is 6.54 Å². The molecule has 0 saturated carbocycles. The molecule has 0 aliphatic rings. The van der Waals surface area contributed by atoms with Crippen LogP contribution in [0.3, 0.4) is 0 Å². The highest BCUT2D eigenvalue weighted by Gasteiger charge is 2.17. The number of rotatable bonds is 5. The lowest BCUT2D eigenvalue weighted by Gasteiger charge is -2.19. The van der Waals surface area contributed by atoms with Gasteiger partial charge in [-0.2, -0.15) is 0 Å². The zero-order valence-corrected chi connectivity index (χ0v) is 13.8. The molecule has 4 heteroatoms. The van der Waals surface area contributed by atoms with Gasteiger partial charge in [0.2, 0.25) is 0 Å². The van der Waals surface area contributed by atoms with Crippen LogP contribution < -0.4 is 10.5 Å². The van der Waals surface area contributed by atoms with Gasteiger partial charge in [-0.05, 0) is 75.7 Å². The van der Waals surface area contributed by atoms with Crippen molar-refractivity contribution in [2.24, 2.45) is 5.73 Å². The van der Waals surface area contributed by atoms with E-state index in [1.165, 1.54) is 5.56 Å². The van der Waals surface area contributed by atoms with Crippen LogP contribution >= 0.6 is 0 Å². The zero-order chi connectivity index (χ0) is 16.9. The van der Waals surface area contributed by atoms with E-state index in [2.05, 4.69) is 0 Å². The Balaban J connectivity index is 2.01. The van der Waals surface area contributed by atoms with Gasteiger partial charge < -0.3 is 15.2 Å². The molecule has 0 aromatic heterocycles. The second-order valence-corrected chi connectivity index (χ2v) is 6.31. The van der Waals surface area contributed by atoms with Crippen LogP contribution in [0.2, 0.25) is 0 Å². The highest BCUT2D eigenvalue weighted by atomic mass is 16.6. The van der Waals surface area contributed by atoms with Crippen molar-refractivity contribution < 1.29 is 14.3 Å². The van der Waals surface area contributed by atoms with Gasteiger partial charge in [0.1, 0.15) is 17.1 Å². The predicted molar refractivity (Wildman–Crippen MR) is 90.9 cm³/mol. The fourth-order valence-electron chi connectivity index (χ4n) is 2.02. The number of hydrogen-bond acceptors (Lipinski definition) is 4. The molecule has 0 aliphatic heterocycles. The molecule has 4 nitrogen and oxygen atoms in total. The molecule has 0 bridgehead atoms. The molecule has 0 atom stereocenters. The van der Waals surface area contributed by atoms with Crippen molar-refractivity contribution in [3.63, 3.8) is 0 Å². The van der Waals surface area contributed by atoms with E-state index in [0.29, 0.717) is 17.9 Å². The van der Waals surface area contributed by atoms with E-state index in [0.717, 1.165) is 12.2 Å². The molecule has 0 amide bonds. The molecule has 0 unspecified atom stereocenters. The van der Waals surface area contributed by atoms with Crippen LogP contribution in [-0.4, -0.2) is 18.1 Å². The number of carbonyl (C=O) groups is 1. The summed E-state index contributed by atoms with van der Waals surface area (Å²) in [6.07, 6.45) is 0.852. The number of nitrogens with two attached hydrogens (primary N) is 1. The van der Waals surface area contributed by atoms with Gasteiger partial charge >= 0.3 is 5.97 Å². The maximum Gasteiger partial charge on any atom is 0.338 e. The third-order valence-electron chi connectivity index (χ3n) is 3.08. The first kappa shape index (κ1) is 17.0. The third kappa shape index (κ3) is 5.42. The van der Waals surface area contributed by atoms with Gasteiger partial charge in [0.25, 0.3) is 0 Å². The Kier molecular flexibility index (Phi) is 5.40. The van der Waals surface area contributed by atoms with E-state index >= 15 is 0 Å². The SMILES string of the molecule is CC(C)(C)OC(=O)c1ccc(Oc2ccc(CCN)cc2)cc1. The van der Waals surface area contributed by atoms with Gasteiger partial charge in [0.15, 0.2) is 0 Å². The summed E-state index contributed by atoms with van der Waals surface area (Å²) in [5.74, 6) is 1.08. The minimum atomic E-state index is -0.502. The van der Waals surface area contributed by atoms with Crippen LogP contribution in [0.25, 0.3) is 0 Å². The summed E-state index contributed by atoms with van der Waals surface area (Å²) in [6.45, 7) is 6.16. The largest absolute Gasteiger partial charge is 0.457 e. The van der Waals surface area contributed by atoms with E-state index in [1.807, 2.05) is 45.0 Å². The molecular formula is C19H23NO3. The average molecular weight is 313 g/mol. The molecule has 23 heavy (non-hydrogen) atoms. The van der Waals surface area contributed by atoms with E-state index in [1.54, 1.807) is 24.3 Å². The smallest absolute Gasteiger partial charge is 0.338 e. The summed E-state index contributed by atoms with van der Waals surface area (Å²) < 4.78 is 11.1. The Morgan fingerprint density at radius 3 is 1.96 bits per heavy atom. The predicted octanol–water partition coefficient (Wildman–Crippen LogP) is 3.94. The van der Waals surface area contributed by atoms with E-state index in [-0.39, 0.29) is 5.97 Å². The monoisotopic (exact) mass is 313 g/mol. The van der Waals surface area contributed by atoms with Gasteiger partial charge in [-0.25, -0.2) is 4.79 Å². The topological polar surface area (TPSA) is 61.5 Å². The van der Waals surface area contributed by atoms with Crippen molar-refractivity contribution in [2.45, 2.75) is 32.8 Å². The summed E-state index contributed by atoms with van der Waals surface area (Å²) in [5, 5.41) is 0. The highest BCUT2D eigenvalue weighted by molar-refractivity contribution is 5.89. The standard InChI is InChI=1S/C19H23NO3/c1-19(2,3)23-18(21)15-6-10-17(11-7-15)22-16-8-4-14(5-9-16)12-13-20/h4-11H,12-13,20H2,1-3H3. The third-order valence-corrected chi connectivity index (χ3v) is 3.08. The Morgan fingerprint density at radius 2 is 1.48 bits per heavy atom. The first-order valence-corrected chi connectivity index (χ1v) is 7.68. The Hall–Kier alpha value is -2.33. The lowest BCUT2D eigenvalue weighted by atomic mass is 10.1. The van der Waals surface area contributed by atoms with Crippen LogP contribution in [-0.2, 0) is 11.2 Å². The minimum absolute atomic E-state index is 0.338. The minimum Gasteiger partial charge on any atom is -0.457 e. The van der Waals surface area contributed by atoms with E-state index in [9.17, 15) is 4.79 Å². The lowest BCUT2D eigenvalue weighted by molar-refractivity contribution is 0.00695. The van der Waals surface area contributed by atoms with Crippen molar-refractivity contribution in [1.82, 2.24) is 0 Å². The summed E-state index contributed by atoms with van der Waals surface area (Å²) in [6, 6.07) is 14.7. The number of carbonyl (C=O) groups excluding carboxylic acids is 1. The van der Waals surface area contributed by atoms with E-state index in [4.69, 9.17) is 15.2 Å². The number of benzene rings is 2. The fraction of sp³-hybridized carbons (Fsp3) is 0.316. The van der Waals surface area contributed by atoms with Gasteiger partial charge in [0, 0.05) is 0 Å². The molecule has 0 aliphatic carbocycles. The maximum atomic E-state index is 12.0. The average Bonchev–Trinajstić information content (AvgIpc) is 2.48. The highest BCUT2D eigenvalue weighted by Crippen LogP contribution is 2.23. The maximum absolute atomic E-state index is 12.0. The second-order valence-electron chi connectivity index (χ2n) is 6.31. The zero-order valence-electron chi connectivity index (χ0n) is 13.8. The van der Waals surface area contributed by atoms with Crippen LogP contribution in [0, 0.1) is 0 Å². The van der Waals surface area contributed by atoms with Crippen LogP contribution in [0.5, 0.6) is 11.5 Å². The molecule has 0 heterocycles. The second kappa shape index (κ2) is 7.29. The van der Waals surface area contributed by atoms with Crippen molar-refractivity contribution in [3.8, 4) is 11.5 Å². The van der Waals surface area contributed by atoms with Crippen LogP contribution in [0.1, 0.15) is 36.7 Å². The molecule has 2 aromatic rings. The summed E-state index contributed by atoms with van der Waals surface area (Å²) in [7, 11) is 0. The summed E-state index contributed by atoms with van der Waals surface area (Å²) in [5.41, 5.74) is 6.71. The Bertz CT molecular complexity index is 640. The summed E-state index contributed by atoms with van der Waals surface area (Å²) >= 11 is 0. The van der Waals surface area contributed by atoms with Crippen LogP contribution in [0.4, 0.5) is 0 Å². The molecular weight excluding hydrogens is 290 g/mol. The first-order valence-electron chi connectivity index (χ1n) is 7.68. The molecule has 2 N–H and O–H groups in total. The molecule has 122 valence electrons. The molecule has 2 rings (SSSR count). The van der Waals surface area contributed by atoms with Crippen molar-refractivity contribution in [1.29, 1.82) is 0 Å². The molecule has 0 fully saturated rings. The molecule has 0 radical (unpaired) electrons. The van der Waals surface area contributed by atoms with Gasteiger partial charge in [0.05, 0.1) is 5.56 Å². The Morgan fingerprint density at radius 1 is 0.957 bits per heavy atom. The molecule has 2 aromatic carbocycles. The normalized spacial score (nSPS) is 11.1. The van der Waals surface area contributed by atoms with Gasteiger partial charge in [-0.15, -0.1) is 0 Å². The molecule has 0 spiro atoms. The van der Waals surface area contributed by atoms with Crippen LogP contribution in [0.15, 0.2) is 48.5 Å². The number of hydrogen-bond donors (Lipinski definition) is 1.